The van der Waals surface area contributed by atoms with Crippen LogP contribution in [0, 0.1) is 0 Å². The van der Waals surface area contributed by atoms with Crippen LogP contribution in [0.1, 0.15) is 31.8 Å². The van der Waals surface area contributed by atoms with Gasteiger partial charge in [0.1, 0.15) is 0 Å². The van der Waals surface area contributed by atoms with E-state index in [1.165, 1.54) is 30.6 Å². The van der Waals surface area contributed by atoms with Crippen molar-refractivity contribution in [1.82, 2.24) is 9.88 Å². The van der Waals surface area contributed by atoms with Crippen LogP contribution in [-0.2, 0) is 22.7 Å². The van der Waals surface area contributed by atoms with Crippen molar-refractivity contribution in [2.75, 3.05) is 4.72 Å². The molecule has 0 radical (unpaired) electrons. The van der Waals surface area contributed by atoms with Gasteiger partial charge in [-0.15, -0.1) is 0 Å². The van der Waals surface area contributed by atoms with Crippen LogP contribution < -0.4 is 4.72 Å². The van der Waals surface area contributed by atoms with Gasteiger partial charge in [-0.1, -0.05) is 24.3 Å². The molecular formula is C21H14F3N3O4S. The Kier molecular flexibility index (Phi) is 5.21. The molecular weight excluding hydrogens is 447 g/mol. The first-order valence-corrected chi connectivity index (χ1v) is 10.6. The molecule has 0 atom stereocenters. The van der Waals surface area contributed by atoms with Crippen molar-refractivity contribution >= 4 is 27.5 Å². The van der Waals surface area contributed by atoms with E-state index >= 15 is 0 Å². The molecule has 0 saturated heterocycles. The standard InChI is InChI=1S/C21H14F3N3O4S/c22-21(23,24)15-7-1-2-9-17(15)32(30,31)26-16-8-3-6-14-18(16)20(29)27(19(14)28)12-13-5-4-10-25-11-13/h1-11,26H,12H2. The van der Waals surface area contributed by atoms with Gasteiger partial charge >= 0.3 is 6.18 Å². The summed E-state index contributed by atoms with van der Waals surface area (Å²) in [4.78, 5) is 29.5. The molecule has 1 aliphatic heterocycles. The number of imide groups is 1. The van der Waals surface area contributed by atoms with E-state index in [0.29, 0.717) is 11.6 Å². The molecule has 0 bridgehead atoms. The molecule has 2 heterocycles. The van der Waals surface area contributed by atoms with Gasteiger partial charge in [0.05, 0.1) is 33.8 Å². The average Bonchev–Trinajstić information content (AvgIpc) is 2.99. The third-order valence-electron chi connectivity index (χ3n) is 4.79. The fourth-order valence-corrected chi connectivity index (χ4v) is 4.67. The molecule has 3 aromatic rings. The molecule has 11 heteroatoms. The van der Waals surface area contributed by atoms with Crippen LogP contribution in [0.3, 0.4) is 0 Å². The van der Waals surface area contributed by atoms with Crippen molar-refractivity contribution in [3.63, 3.8) is 0 Å². The molecule has 1 aliphatic rings. The maximum atomic E-state index is 13.3. The maximum absolute atomic E-state index is 13.3. The van der Waals surface area contributed by atoms with Crippen molar-refractivity contribution in [2.24, 2.45) is 0 Å². The summed E-state index contributed by atoms with van der Waals surface area (Å²) < 4.78 is 67.6. The predicted octanol–water partition coefficient (Wildman–Crippen LogP) is 3.70. The highest BCUT2D eigenvalue weighted by molar-refractivity contribution is 7.92. The second-order valence-electron chi connectivity index (χ2n) is 6.89. The van der Waals surface area contributed by atoms with Crippen molar-refractivity contribution in [3.05, 3.63) is 89.2 Å². The molecule has 2 aromatic carbocycles. The summed E-state index contributed by atoms with van der Waals surface area (Å²) in [6.07, 6.45) is -1.91. The summed E-state index contributed by atoms with van der Waals surface area (Å²) >= 11 is 0. The number of pyridine rings is 1. The van der Waals surface area contributed by atoms with E-state index in [1.807, 2.05) is 4.72 Å². The zero-order valence-electron chi connectivity index (χ0n) is 16.1. The molecule has 0 aliphatic carbocycles. The van der Waals surface area contributed by atoms with E-state index in [0.717, 1.165) is 23.1 Å². The molecule has 0 unspecified atom stereocenters. The maximum Gasteiger partial charge on any atom is 0.417 e. The van der Waals surface area contributed by atoms with Gasteiger partial charge in [0.2, 0.25) is 0 Å². The van der Waals surface area contributed by atoms with Gasteiger partial charge in [-0.3, -0.25) is 24.2 Å². The number of nitrogens with zero attached hydrogens (tertiary/aromatic N) is 2. The third-order valence-corrected chi connectivity index (χ3v) is 6.21. The number of fused-ring (bicyclic) bond motifs is 1. The lowest BCUT2D eigenvalue weighted by Gasteiger charge is -2.16. The number of amides is 2. The third kappa shape index (κ3) is 3.82. The van der Waals surface area contributed by atoms with Gasteiger partial charge in [0, 0.05) is 12.4 Å². The van der Waals surface area contributed by atoms with Crippen LogP contribution in [-0.4, -0.2) is 30.1 Å². The SMILES string of the molecule is O=C1c2cccc(NS(=O)(=O)c3ccccc3C(F)(F)F)c2C(=O)N1Cc1cccnc1. The summed E-state index contributed by atoms with van der Waals surface area (Å²) in [7, 11) is -4.73. The van der Waals surface area contributed by atoms with Crippen molar-refractivity contribution < 1.29 is 31.2 Å². The van der Waals surface area contributed by atoms with E-state index in [-0.39, 0.29) is 23.4 Å². The first-order valence-electron chi connectivity index (χ1n) is 9.17. The number of rotatable bonds is 5. The summed E-state index contributed by atoms with van der Waals surface area (Å²) in [6.45, 7) is -0.0940. The number of aromatic nitrogens is 1. The van der Waals surface area contributed by atoms with Crippen LogP contribution in [0.25, 0.3) is 0 Å². The molecule has 0 fully saturated rings. The Morgan fingerprint density at radius 1 is 0.938 bits per heavy atom. The topological polar surface area (TPSA) is 96.4 Å². The molecule has 1 aromatic heterocycles. The first kappa shape index (κ1) is 21.5. The number of nitrogens with one attached hydrogen (secondary N) is 1. The monoisotopic (exact) mass is 461 g/mol. The van der Waals surface area contributed by atoms with Crippen molar-refractivity contribution in [2.45, 2.75) is 17.6 Å². The Morgan fingerprint density at radius 2 is 1.69 bits per heavy atom. The Balaban J connectivity index is 1.71. The van der Waals surface area contributed by atoms with Crippen LogP contribution in [0.4, 0.5) is 18.9 Å². The van der Waals surface area contributed by atoms with Gasteiger partial charge < -0.3 is 0 Å². The molecule has 7 nitrogen and oxygen atoms in total. The molecule has 4 rings (SSSR count). The minimum Gasteiger partial charge on any atom is -0.279 e. The molecule has 0 saturated carbocycles. The zero-order chi connectivity index (χ0) is 23.1. The summed E-state index contributed by atoms with van der Waals surface area (Å²) in [5.74, 6) is -1.41. The Hall–Kier alpha value is -3.73. The lowest BCUT2D eigenvalue weighted by molar-refractivity contribution is -0.139. The van der Waals surface area contributed by atoms with Gasteiger partial charge in [-0.05, 0) is 35.9 Å². The van der Waals surface area contributed by atoms with Gasteiger partial charge in [-0.2, -0.15) is 13.2 Å². The normalized spacial score (nSPS) is 13.9. The number of sulfonamides is 1. The van der Waals surface area contributed by atoms with Crippen LogP contribution in [0.15, 0.2) is 71.9 Å². The molecule has 32 heavy (non-hydrogen) atoms. The van der Waals surface area contributed by atoms with Gasteiger partial charge in [0.15, 0.2) is 0 Å². The fourth-order valence-electron chi connectivity index (χ4n) is 3.37. The zero-order valence-corrected chi connectivity index (χ0v) is 16.9. The number of hydrogen-bond donors (Lipinski definition) is 1. The largest absolute Gasteiger partial charge is 0.417 e. The second-order valence-corrected chi connectivity index (χ2v) is 8.54. The van der Waals surface area contributed by atoms with E-state index in [4.69, 9.17) is 0 Å². The Labute approximate surface area is 180 Å². The number of alkyl halides is 3. The average molecular weight is 461 g/mol. The highest BCUT2D eigenvalue weighted by Gasteiger charge is 2.40. The highest BCUT2D eigenvalue weighted by Crippen LogP contribution is 2.36. The van der Waals surface area contributed by atoms with Crippen LogP contribution in [0.5, 0.6) is 0 Å². The smallest absolute Gasteiger partial charge is 0.279 e. The van der Waals surface area contributed by atoms with Gasteiger partial charge in [0.25, 0.3) is 21.8 Å². The molecule has 0 spiro atoms. The summed E-state index contributed by atoms with van der Waals surface area (Å²) in [6, 6.07) is 10.9. The minimum absolute atomic E-state index is 0.0526. The van der Waals surface area contributed by atoms with E-state index in [9.17, 15) is 31.2 Å². The molecule has 164 valence electrons. The fraction of sp³-hybridized carbons (Fsp3) is 0.0952. The van der Waals surface area contributed by atoms with E-state index < -0.39 is 38.5 Å². The second kappa shape index (κ2) is 7.75. The number of halogens is 3. The van der Waals surface area contributed by atoms with Crippen LogP contribution >= 0.6 is 0 Å². The lowest BCUT2D eigenvalue weighted by atomic mass is 10.1. The minimum atomic E-state index is -4.91. The molecule has 2 amide bonds. The van der Waals surface area contributed by atoms with Crippen molar-refractivity contribution in [3.8, 4) is 0 Å². The van der Waals surface area contributed by atoms with Crippen molar-refractivity contribution in [1.29, 1.82) is 0 Å². The Morgan fingerprint density at radius 3 is 2.38 bits per heavy atom. The summed E-state index contributed by atoms with van der Waals surface area (Å²) in [5, 5.41) is 0. The van der Waals surface area contributed by atoms with E-state index in [2.05, 4.69) is 4.98 Å². The van der Waals surface area contributed by atoms with Crippen LogP contribution in [0.2, 0.25) is 0 Å². The first-order chi connectivity index (χ1) is 15.1. The lowest BCUT2D eigenvalue weighted by Crippen LogP contribution is -2.29. The molecule has 1 N–H and O–H groups in total. The number of benzene rings is 2. The number of carbonyl (C=O) groups is 2. The number of carbonyl (C=O) groups excluding carboxylic acids is 2. The summed E-state index contributed by atoms with van der Waals surface area (Å²) in [5.41, 5.74) is -1.34. The Bertz CT molecular complexity index is 1330. The van der Waals surface area contributed by atoms with Gasteiger partial charge in [-0.25, -0.2) is 8.42 Å². The number of hydrogen-bond acceptors (Lipinski definition) is 5. The highest BCUT2D eigenvalue weighted by atomic mass is 32.2. The number of anilines is 1. The predicted molar refractivity (Wildman–Crippen MR) is 107 cm³/mol. The van der Waals surface area contributed by atoms with E-state index in [1.54, 1.807) is 12.1 Å². The quantitative estimate of drug-likeness (QED) is 0.585.